The summed E-state index contributed by atoms with van der Waals surface area (Å²) >= 11 is 0. The highest BCUT2D eigenvalue weighted by Gasteiger charge is 2.32. The Balaban J connectivity index is 1.58. The largest absolute Gasteiger partial charge is 0.408 e. The van der Waals surface area contributed by atoms with Gasteiger partial charge in [0.25, 0.3) is 0 Å². The Labute approximate surface area is 151 Å². The highest BCUT2D eigenvalue weighted by molar-refractivity contribution is 5.79. The van der Waals surface area contributed by atoms with Crippen molar-refractivity contribution in [3.8, 4) is 0 Å². The number of ether oxygens (including phenoxy) is 1. The summed E-state index contributed by atoms with van der Waals surface area (Å²) in [5.41, 5.74) is 1.54. The second kappa shape index (κ2) is 7.58. The minimum Gasteiger partial charge on any atom is -0.381 e. The number of aromatic nitrogens is 2. The van der Waals surface area contributed by atoms with Crippen LogP contribution in [0.15, 0.2) is 0 Å². The molecule has 0 spiro atoms. The van der Waals surface area contributed by atoms with E-state index in [0.29, 0.717) is 28.8 Å². The van der Waals surface area contributed by atoms with Crippen molar-refractivity contribution < 1.29 is 22.7 Å². The average Bonchev–Trinajstić information content (AvgIpc) is 3.19. The number of nitrogens with zero attached hydrogens (tertiary/aromatic N) is 3. The molecule has 3 rings (SSSR count). The first-order chi connectivity index (χ1) is 12.2. The fourth-order valence-electron chi connectivity index (χ4n) is 4.12. The zero-order chi connectivity index (χ0) is 18.9. The summed E-state index contributed by atoms with van der Waals surface area (Å²) in [5.74, 6) is 1.20. The van der Waals surface area contributed by atoms with Crippen LogP contribution in [0.25, 0.3) is 0 Å². The van der Waals surface area contributed by atoms with E-state index in [4.69, 9.17) is 4.74 Å². The van der Waals surface area contributed by atoms with Crippen molar-refractivity contribution in [2.75, 3.05) is 26.3 Å². The molecule has 1 aromatic rings. The molecule has 2 fully saturated rings. The lowest BCUT2D eigenvalue weighted by atomic mass is 9.84. The zero-order valence-corrected chi connectivity index (χ0v) is 15.3. The summed E-state index contributed by atoms with van der Waals surface area (Å²) in [6, 6.07) is 0. The van der Waals surface area contributed by atoms with Gasteiger partial charge in [-0.05, 0) is 44.9 Å². The van der Waals surface area contributed by atoms with Crippen LogP contribution in [0.5, 0.6) is 0 Å². The Hall–Kier alpha value is -1.57. The van der Waals surface area contributed by atoms with E-state index in [1.54, 1.807) is 13.8 Å². The second-order valence-electron chi connectivity index (χ2n) is 7.44. The molecule has 2 saturated heterocycles. The molecule has 1 unspecified atom stereocenters. The molecule has 146 valence electrons. The van der Waals surface area contributed by atoms with E-state index in [9.17, 15) is 18.0 Å². The first-order valence-electron chi connectivity index (χ1n) is 9.19. The minimum absolute atomic E-state index is 0.0242. The maximum atomic E-state index is 12.6. The molecule has 0 radical (unpaired) electrons. The first kappa shape index (κ1) is 19.2. The second-order valence-corrected chi connectivity index (χ2v) is 7.44. The summed E-state index contributed by atoms with van der Waals surface area (Å²) in [5, 5.41) is 3.97. The molecular formula is C18H26F3N3O2. The van der Waals surface area contributed by atoms with Gasteiger partial charge in [0.05, 0.1) is 12.1 Å². The molecule has 2 aliphatic heterocycles. The number of carbonyl (C=O) groups is 1. The van der Waals surface area contributed by atoms with Crippen molar-refractivity contribution in [3.05, 3.63) is 17.0 Å². The Morgan fingerprint density at radius 2 is 1.88 bits per heavy atom. The molecule has 0 bridgehead atoms. The zero-order valence-electron chi connectivity index (χ0n) is 15.3. The van der Waals surface area contributed by atoms with Gasteiger partial charge in [0.15, 0.2) is 0 Å². The maximum Gasteiger partial charge on any atom is 0.408 e. The van der Waals surface area contributed by atoms with E-state index in [2.05, 4.69) is 5.10 Å². The standard InChI is InChI=1S/C18H26F3N3O2/c1-12-16(13(2)24(22-12)11-18(19,20)21)9-17(25)23-6-3-14(4-7-23)15-5-8-26-10-15/h14-15H,3-11H2,1-2H3. The van der Waals surface area contributed by atoms with Crippen molar-refractivity contribution in [2.45, 2.75) is 52.3 Å². The highest BCUT2D eigenvalue weighted by atomic mass is 19.4. The van der Waals surface area contributed by atoms with Crippen molar-refractivity contribution in [3.63, 3.8) is 0 Å². The topological polar surface area (TPSA) is 47.4 Å². The van der Waals surface area contributed by atoms with E-state index in [-0.39, 0.29) is 12.3 Å². The molecule has 0 N–H and O–H groups in total. The number of piperidine rings is 1. The number of halogens is 3. The van der Waals surface area contributed by atoms with Crippen LogP contribution in [-0.2, 0) is 22.5 Å². The predicted molar refractivity (Wildman–Crippen MR) is 89.7 cm³/mol. The highest BCUT2D eigenvalue weighted by Crippen LogP contribution is 2.31. The van der Waals surface area contributed by atoms with Gasteiger partial charge < -0.3 is 9.64 Å². The molecule has 0 aliphatic carbocycles. The summed E-state index contributed by atoms with van der Waals surface area (Å²) in [6.45, 7) is 5.24. The van der Waals surface area contributed by atoms with Gasteiger partial charge in [0, 0.05) is 37.6 Å². The van der Waals surface area contributed by atoms with Gasteiger partial charge in [-0.1, -0.05) is 0 Å². The van der Waals surface area contributed by atoms with Crippen molar-refractivity contribution in [1.29, 1.82) is 0 Å². The molecule has 5 nitrogen and oxygen atoms in total. The lowest BCUT2D eigenvalue weighted by Crippen LogP contribution is -2.41. The van der Waals surface area contributed by atoms with Gasteiger partial charge in [-0.25, -0.2) is 0 Å². The Morgan fingerprint density at radius 1 is 1.19 bits per heavy atom. The normalized spacial score (nSPS) is 22.2. The third-order valence-corrected chi connectivity index (χ3v) is 5.71. The van der Waals surface area contributed by atoms with E-state index < -0.39 is 12.7 Å². The van der Waals surface area contributed by atoms with E-state index in [1.807, 2.05) is 4.90 Å². The molecule has 0 aromatic carbocycles. The maximum absolute atomic E-state index is 12.6. The van der Waals surface area contributed by atoms with Crippen LogP contribution in [0.3, 0.4) is 0 Å². The van der Waals surface area contributed by atoms with Gasteiger partial charge in [-0.2, -0.15) is 18.3 Å². The van der Waals surface area contributed by atoms with Gasteiger partial charge in [0.1, 0.15) is 6.54 Å². The van der Waals surface area contributed by atoms with Crippen LogP contribution in [0.4, 0.5) is 13.2 Å². The van der Waals surface area contributed by atoms with Gasteiger partial charge in [-0.15, -0.1) is 0 Å². The van der Waals surface area contributed by atoms with Crippen molar-refractivity contribution >= 4 is 5.91 Å². The summed E-state index contributed by atoms with van der Waals surface area (Å²) in [6.07, 6.45) is -1.14. The summed E-state index contributed by atoms with van der Waals surface area (Å²) < 4.78 is 44.3. The number of hydrogen-bond acceptors (Lipinski definition) is 3. The van der Waals surface area contributed by atoms with Crippen molar-refractivity contribution in [1.82, 2.24) is 14.7 Å². The number of rotatable bonds is 4. The smallest absolute Gasteiger partial charge is 0.381 e. The molecule has 8 heteroatoms. The predicted octanol–water partition coefficient (Wildman–Crippen LogP) is 2.88. The molecule has 0 saturated carbocycles. The third kappa shape index (κ3) is 4.39. The van der Waals surface area contributed by atoms with Crippen molar-refractivity contribution in [2.24, 2.45) is 11.8 Å². The average molecular weight is 373 g/mol. The SMILES string of the molecule is Cc1nn(CC(F)(F)F)c(C)c1CC(=O)N1CCC(C2CCOC2)CC1. The number of alkyl halides is 3. The number of aryl methyl sites for hydroxylation is 1. The van der Waals surface area contributed by atoms with Crippen LogP contribution >= 0.6 is 0 Å². The first-order valence-corrected chi connectivity index (χ1v) is 9.19. The molecule has 3 heterocycles. The monoisotopic (exact) mass is 373 g/mol. The van der Waals surface area contributed by atoms with E-state index in [0.717, 1.165) is 50.2 Å². The van der Waals surface area contributed by atoms with Crippen LogP contribution in [-0.4, -0.2) is 53.1 Å². The fourth-order valence-corrected chi connectivity index (χ4v) is 4.12. The van der Waals surface area contributed by atoms with Crippen LogP contribution in [0.1, 0.15) is 36.2 Å². The number of carbonyl (C=O) groups excluding carboxylic acids is 1. The summed E-state index contributed by atoms with van der Waals surface area (Å²) in [7, 11) is 0. The Kier molecular flexibility index (Phi) is 5.60. The number of hydrogen-bond donors (Lipinski definition) is 0. The molecule has 2 aliphatic rings. The van der Waals surface area contributed by atoms with E-state index >= 15 is 0 Å². The molecule has 1 atom stereocenters. The summed E-state index contributed by atoms with van der Waals surface area (Å²) in [4.78, 5) is 14.5. The van der Waals surface area contributed by atoms with Gasteiger partial charge in [0.2, 0.25) is 5.91 Å². The quantitative estimate of drug-likeness (QED) is 0.815. The minimum atomic E-state index is -4.32. The number of likely N-dealkylation sites (tertiary alicyclic amines) is 1. The molecule has 1 aromatic heterocycles. The third-order valence-electron chi connectivity index (χ3n) is 5.71. The Bertz CT molecular complexity index is 643. The lowest BCUT2D eigenvalue weighted by molar-refractivity contribution is -0.143. The van der Waals surface area contributed by atoms with E-state index in [1.165, 1.54) is 0 Å². The Morgan fingerprint density at radius 3 is 2.46 bits per heavy atom. The van der Waals surface area contributed by atoms with Crippen LogP contribution in [0.2, 0.25) is 0 Å². The fraction of sp³-hybridized carbons (Fsp3) is 0.778. The molecule has 1 amide bonds. The lowest BCUT2D eigenvalue weighted by Gasteiger charge is -2.34. The van der Waals surface area contributed by atoms with Crippen LogP contribution in [0, 0.1) is 25.7 Å². The number of amides is 1. The van der Waals surface area contributed by atoms with Gasteiger partial charge >= 0.3 is 6.18 Å². The molecule has 26 heavy (non-hydrogen) atoms. The van der Waals surface area contributed by atoms with Crippen LogP contribution < -0.4 is 0 Å². The molecular weight excluding hydrogens is 347 g/mol. The van der Waals surface area contributed by atoms with Gasteiger partial charge in [-0.3, -0.25) is 9.48 Å².